The first-order chi connectivity index (χ1) is 11.0. The van der Waals surface area contributed by atoms with Crippen LogP contribution < -0.4 is 10.6 Å². The van der Waals surface area contributed by atoms with Gasteiger partial charge in [-0.05, 0) is 42.5 Å². The van der Waals surface area contributed by atoms with E-state index < -0.39 is 5.97 Å². The second kappa shape index (κ2) is 7.85. The zero-order valence-electron chi connectivity index (χ0n) is 12.2. The summed E-state index contributed by atoms with van der Waals surface area (Å²) in [7, 11) is 1.28. The van der Waals surface area contributed by atoms with Crippen molar-refractivity contribution in [3.8, 4) is 0 Å². The molecule has 0 saturated heterocycles. The number of nitrogens with one attached hydrogen (secondary N) is 2. The van der Waals surface area contributed by atoms with E-state index in [4.69, 9.17) is 23.2 Å². The van der Waals surface area contributed by atoms with Crippen LogP contribution in [0.2, 0.25) is 10.0 Å². The highest BCUT2D eigenvalue weighted by atomic mass is 35.5. The molecule has 0 saturated carbocycles. The van der Waals surface area contributed by atoms with Gasteiger partial charge in [0.15, 0.2) is 0 Å². The highest BCUT2D eigenvalue weighted by molar-refractivity contribution is 6.34. The van der Waals surface area contributed by atoms with Crippen LogP contribution in [0.5, 0.6) is 0 Å². The van der Waals surface area contributed by atoms with Crippen molar-refractivity contribution < 1.29 is 14.3 Å². The highest BCUT2D eigenvalue weighted by Gasteiger charge is 2.11. The molecule has 2 aromatic rings. The van der Waals surface area contributed by atoms with Crippen LogP contribution in [-0.4, -0.2) is 25.5 Å². The van der Waals surface area contributed by atoms with Gasteiger partial charge < -0.3 is 15.4 Å². The normalized spacial score (nSPS) is 10.0. The summed E-state index contributed by atoms with van der Waals surface area (Å²) in [6, 6.07) is 11.5. The third kappa shape index (κ3) is 4.87. The summed E-state index contributed by atoms with van der Waals surface area (Å²) in [4.78, 5) is 23.5. The zero-order valence-corrected chi connectivity index (χ0v) is 13.7. The van der Waals surface area contributed by atoms with Crippen LogP contribution >= 0.6 is 23.2 Å². The average molecular weight is 353 g/mol. The number of esters is 1. The maximum absolute atomic E-state index is 12.0. The van der Waals surface area contributed by atoms with Crippen molar-refractivity contribution in [3.05, 3.63) is 58.1 Å². The van der Waals surface area contributed by atoms with Crippen LogP contribution in [0.4, 0.5) is 11.4 Å². The molecule has 1 amide bonds. The van der Waals surface area contributed by atoms with E-state index in [2.05, 4.69) is 15.4 Å². The molecule has 120 valence electrons. The average Bonchev–Trinajstić information content (AvgIpc) is 2.55. The summed E-state index contributed by atoms with van der Waals surface area (Å²) in [5.41, 5.74) is 1.41. The number of ether oxygens (including phenoxy) is 1. The number of carbonyl (C=O) groups is 2. The first-order valence-corrected chi connectivity index (χ1v) is 7.42. The van der Waals surface area contributed by atoms with Crippen LogP contribution in [0, 0.1) is 0 Å². The van der Waals surface area contributed by atoms with E-state index in [0.717, 1.165) is 5.69 Å². The van der Waals surface area contributed by atoms with Crippen LogP contribution in [0.3, 0.4) is 0 Å². The Morgan fingerprint density at radius 3 is 2.43 bits per heavy atom. The molecular formula is C16H14Cl2N2O3. The first kappa shape index (κ1) is 17.1. The Morgan fingerprint density at radius 2 is 1.78 bits per heavy atom. The van der Waals surface area contributed by atoms with Gasteiger partial charge in [-0.25, -0.2) is 4.79 Å². The highest BCUT2D eigenvalue weighted by Crippen LogP contribution is 2.23. The van der Waals surface area contributed by atoms with Crippen molar-refractivity contribution in [3.63, 3.8) is 0 Å². The van der Waals surface area contributed by atoms with Gasteiger partial charge in [0, 0.05) is 10.7 Å². The standard InChI is InChI=1S/C16H14Cl2N2O3/c1-23-16(22)10-2-7-13(18)14(8-10)20-15(21)9-19-12-5-3-11(17)4-6-12/h2-8,19H,9H2,1H3,(H,20,21). The predicted molar refractivity (Wildman–Crippen MR) is 91.4 cm³/mol. The number of anilines is 2. The lowest BCUT2D eigenvalue weighted by Gasteiger charge is -2.10. The first-order valence-electron chi connectivity index (χ1n) is 6.67. The molecule has 5 nitrogen and oxygen atoms in total. The maximum Gasteiger partial charge on any atom is 0.337 e. The molecule has 0 atom stereocenters. The molecule has 0 unspecified atom stereocenters. The molecule has 0 radical (unpaired) electrons. The molecule has 7 heteroatoms. The van der Waals surface area contributed by atoms with E-state index in [1.807, 2.05) is 0 Å². The third-order valence-corrected chi connectivity index (χ3v) is 3.54. The Balaban J connectivity index is 1.99. The monoisotopic (exact) mass is 352 g/mol. The summed E-state index contributed by atoms with van der Waals surface area (Å²) < 4.78 is 4.63. The largest absolute Gasteiger partial charge is 0.465 e. The number of halogens is 2. The van der Waals surface area contributed by atoms with Crippen LogP contribution in [0.15, 0.2) is 42.5 Å². The van der Waals surface area contributed by atoms with Gasteiger partial charge in [-0.2, -0.15) is 0 Å². The smallest absolute Gasteiger partial charge is 0.337 e. The molecule has 0 aliphatic carbocycles. The molecule has 23 heavy (non-hydrogen) atoms. The lowest BCUT2D eigenvalue weighted by atomic mass is 10.2. The molecule has 2 rings (SSSR count). The summed E-state index contributed by atoms with van der Waals surface area (Å²) in [5, 5.41) is 6.55. The van der Waals surface area contributed by atoms with E-state index in [-0.39, 0.29) is 12.5 Å². The van der Waals surface area contributed by atoms with E-state index in [0.29, 0.717) is 21.3 Å². The van der Waals surface area contributed by atoms with Gasteiger partial charge in [0.1, 0.15) is 0 Å². The SMILES string of the molecule is COC(=O)c1ccc(Cl)c(NC(=O)CNc2ccc(Cl)cc2)c1. The predicted octanol–water partition coefficient (Wildman–Crippen LogP) is 3.83. The third-order valence-electron chi connectivity index (χ3n) is 2.96. The summed E-state index contributed by atoms with van der Waals surface area (Å²) in [5.74, 6) is -0.805. The topological polar surface area (TPSA) is 67.4 Å². The van der Waals surface area contributed by atoms with Gasteiger partial charge in [0.2, 0.25) is 5.91 Å². The van der Waals surface area contributed by atoms with Crippen LogP contribution in [-0.2, 0) is 9.53 Å². The number of amides is 1. The lowest BCUT2D eigenvalue weighted by Crippen LogP contribution is -2.22. The molecule has 0 bridgehead atoms. The van der Waals surface area contributed by atoms with Crippen molar-refractivity contribution in [2.75, 3.05) is 24.3 Å². The summed E-state index contributed by atoms with van der Waals surface area (Å²) in [6.45, 7) is 0.0421. The lowest BCUT2D eigenvalue weighted by molar-refractivity contribution is -0.114. The quantitative estimate of drug-likeness (QED) is 0.802. The number of methoxy groups -OCH3 is 1. The molecule has 0 aliphatic rings. The van der Waals surface area contributed by atoms with E-state index in [1.54, 1.807) is 24.3 Å². The molecule has 2 aromatic carbocycles. The van der Waals surface area contributed by atoms with E-state index in [1.165, 1.54) is 25.3 Å². The molecule has 0 heterocycles. The van der Waals surface area contributed by atoms with Crippen molar-refractivity contribution in [1.29, 1.82) is 0 Å². The van der Waals surface area contributed by atoms with Gasteiger partial charge in [0.25, 0.3) is 0 Å². The molecule has 2 N–H and O–H groups in total. The summed E-state index contributed by atoms with van der Waals surface area (Å²) >= 11 is 11.8. The minimum Gasteiger partial charge on any atom is -0.465 e. The molecule has 0 spiro atoms. The molecule has 0 aromatic heterocycles. The number of benzene rings is 2. The van der Waals surface area contributed by atoms with E-state index in [9.17, 15) is 9.59 Å². The minimum atomic E-state index is -0.503. The second-order valence-electron chi connectivity index (χ2n) is 4.59. The fraction of sp³-hybridized carbons (Fsp3) is 0.125. The van der Waals surface area contributed by atoms with Gasteiger partial charge in [-0.1, -0.05) is 23.2 Å². The van der Waals surface area contributed by atoms with Gasteiger partial charge in [-0.3, -0.25) is 4.79 Å². The number of carbonyl (C=O) groups excluding carboxylic acids is 2. The Morgan fingerprint density at radius 1 is 1.09 bits per heavy atom. The van der Waals surface area contributed by atoms with E-state index >= 15 is 0 Å². The van der Waals surface area contributed by atoms with Gasteiger partial charge >= 0.3 is 5.97 Å². The fourth-order valence-electron chi connectivity index (χ4n) is 1.81. The Hall–Kier alpha value is -2.24. The van der Waals surface area contributed by atoms with Gasteiger partial charge in [0.05, 0.1) is 29.9 Å². The Bertz CT molecular complexity index is 718. The molecular weight excluding hydrogens is 339 g/mol. The second-order valence-corrected chi connectivity index (χ2v) is 5.44. The maximum atomic E-state index is 12.0. The van der Waals surface area contributed by atoms with Gasteiger partial charge in [-0.15, -0.1) is 0 Å². The number of hydrogen-bond donors (Lipinski definition) is 2. The molecule has 0 fully saturated rings. The summed E-state index contributed by atoms with van der Waals surface area (Å²) in [6.07, 6.45) is 0. The van der Waals surface area contributed by atoms with Crippen molar-refractivity contribution >= 4 is 46.5 Å². The Kier molecular flexibility index (Phi) is 5.84. The molecule has 0 aliphatic heterocycles. The minimum absolute atomic E-state index is 0.0421. The number of hydrogen-bond acceptors (Lipinski definition) is 4. The number of rotatable bonds is 5. The van der Waals surface area contributed by atoms with Crippen molar-refractivity contribution in [2.45, 2.75) is 0 Å². The Labute approximate surface area is 143 Å². The fourth-order valence-corrected chi connectivity index (χ4v) is 2.10. The van der Waals surface area contributed by atoms with Crippen LogP contribution in [0.1, 0.15) is 10.4 Å². The van der Waals surface area contributed by atoms with Crippen molar-refractivity contribution in [1.82, 2.24) is 0 Å². The zero-order chi connectivity index (χ0) is 16.8. The van der Waals surface area contributed by atoms with Crippen LogP contribution in [0.25, 0.3) is 0 Å². The van der Waals surface area contributed by atoms with Crippen molar-refractivity contribution in [2.24, 2.45) is 0 Å².